The minimum Gasteiger partial charge on any atom is -0.388 e. The molecule has 100 valence electrons. The van der Waals surface area contributed by atoms with Gasteiger partial charge in [-0.25, -0.2) is 0 Å². The molecule has 1 nitrogen and oxygen atoms in total. The normalized spacial score (nSPS) is 12.5. The van der Waals surface area contributed by atoms with Crippen molar-refractivity contribution >= 4 is 23.2 Å². The molecule has 0 spiro atoms. The molecule has 2 aromatic carbocycles. The van der Waals surface area contributed by atoms with Crippen LogP contribution in [0.3, 0.4) is 0 Å². The molecule has 0 saturated heterocycles. The van der Waals surface area contributed by atoms with E-state index in [1.165, 1.54) is 11.1 Å². The second-order valence-corrected chi connectivity index (χ2v) is 5.64. The molecule has 1 unspecified atom stereocenters. The molecule has 2 rings (SSSR count). The summed E-state index contributed by atoms with van der Waals surface area (Å²) in [5, 5.41) is 11.5. The molecule has 1 atom stereocenters. The Labute approximate surface area is 123 Å². The zero-order chi connectivity index (χ0) is 14.0. The first-order valence-electron chi connectivity index (χ1n) is 6.16. The molecule has 3 heteroatoms. The number of rotatable bonds is 3. The van der Waals surface area contributed by atoms with E-state index in [1.807, 2.05) is 31.2 Å². The van der Waals surface area contributed by atoms with Crippen molar-refractivity contribution < 1.29 is 5.11 Å². The summed E-state index contributed by atoms with van der Waals surface area (Å²) in [4.78, 5) is 0. The van der Waals surface area contributed by atoms with Crippen molar-refractivity contribution in [3.8, 4) is 0 Å². The second kappa shape index (κ2) is 5.96. The quantitative estimate of drug-likeness (QED) is 0.855. The minimum atomic E-state index is -0.557. The van der Waals surface area contributed by atoms with Crippen molar-refractivity contribution in [2.45, 2.75) is 26.4 Å². The maximum atomic E-state index is 10.3. The van der Waals surface area contributed by atoms with E-state index in [2.05, 4.69) is 6.92 Å². The van der Waals surface area contributed by atoms with Crippen LogP contribution in [0.25, 0.3) is 0 Å². The van der Waals surface area contributed by atoms with Gasteiger partial charge in [-0.15, -0.1) is 0 Å². The monoisotopic (exact) mass is 294 g/mol. The third-order valence-electron chi connectivity index (χ3n) is 3.34. The van der Waals surface area contributed by atoms with E-state index in [4.69, 9.17) is 23.2 Å². The first-order valence-corrected chi connectivity index (χ1v) is 6.92. The van der Waals surface area contributed by atoms with Gasteiger partial charge in [0.15, 0.2) is 0 Å². The molecule has 0 aliphatic rings. The second-order valence-electron chi connectivity index (χ2n) is 4.80. The van der Waals surface area contributed by atoms with E-state index in [1.54, 1.807) is 12.1 Å². The number of aryl methyl sites for hydroxylation is 2. The van der Waals surface area contributed by atoms with Gasteiger partial charge in [-0.05, 0) is 48.2 Å². The lowest BCUT2D eigenvalue weighted by molar-refractivity contribution is 0.178. The summed E-state index contributed by atoms with van der Waals surface area (Å²) in [5.74, 6) is 0. The molecule has 0 radical (unpaired) electrons. The van der Waals surface area contributed by atoms with Gasteiger partial charge in [-0.2, -0.15) is 0 Å². The van der Waals surface area contributed by atoms with Crippen LogP contribution in [0.2, 0.25) is 10.0 Å². The van der Waals surface area contributed by atoms with Gasteiger partial charge in [-0.3, -0.25) is 0 Å². The summed E-state index contributed by atoms with van der Waals surface area (Å²) in [6.07, 6.45) is -0.0728. The largest absolute Gasteiger partial charge is 0.388 e. The summed E-state index contributed by atoms with van der Waals surface area (Å²) in [7, 11) is 0. The van der Waals surface area contributed by atoms with Gasteiger partial charge in [0.05, 0.1) is 6.10 Å². The van der Waals surface area contributed by atoms with Crippen molar-refractivity contribution in [3.63, 3.8) is 0 Å². The Bertz CT molecular complexity index is 593. The van der Waals surface area contributed by atoms with Crippen LogP contribution in [0.5, 0.6) is 0 Å². The maximum Gasteiger partial charge on any atom is 0.0831 e. The molecule has 0 saturated carbocycles. The average Bonchev–Trinajstić information content (AvgIpc) is 2.36. The van der Waals surface area contributed by atoms with Crippen LogP contribution in [0.4, 0.5) is 0 Å². The Kier molecular flexibility index (Phi) is 4.51. The fourth-order valence-electron chi connectivity index (χ4n) is 1.99. The number of hydrogen-bond donors (Lipinski definition) is 1. The Balaban J connectivity index is 2.20. The van der Waals surface area contributed by atoms with Crippen molar-refractivity contribution in [1.29, 1.82) is 0 Å². The number of aliphatic hydroxyl groups excluding tert-OH is 1. The fraction of sp³-hybridized carbons (Fsp3) is 0.250. The van der Waals surface area contributed by atoms with Crippen LogP contribution >= 0.6 is 23.2 Å². The molecule has 0 aliphatic heterocycles. The molecule has 0 heterocycles. The summed E-state index contributed by atoms with van der Waals surface area (Å²) >= 11 is 12.0. The van der Waals surface area contributed by atoms with Crippen molar-refractivity contribution in [2.24, 2.45) is 0 Å². The summed E-state index contributed by atoms with van der Waals surface area (Å²) in [5.41, 5.74) is 4.21. The smallest absolute Gasteiger partial charge is 0.0831 e. The van der Waals surface area contributed by atoms with Crippen LogP contribution in [0.15, 0.2) is 36.4 Å². The summed E-state index contributed by atoms with van der Waals surface area (Å²) in [6.45, 7) is 4.10. The number of hydrogen-bond acceptors (Lipinski definition) is 1. The molecule has 0 bridgehead atoms. The molecular formula is C16H16Cl2O. The lowest BCUT2D eigenvalue weighted by atomic mass is 9.98. The van der Waals surface area contributed by atoms with Crippen LogP contribution in [0, 0.1) is 13.8 Å². The summed E-state index contributed by atoms with van der Waals surface area (Å²) < 4.78 is 0. The van der Waals surface area contributed by atoms with Crippen molar-refractivity contribution in [3.05, 3.63) is 68.7 Å². The lowest BCUT2D eigenvalue weighted by Crippen LogP contribution is -2.03. The van der Waals surface area contributed by atoms with Crippen molar-refractivity contribution in [2.75, 3.05) is 0 Å². The van der Waals surface area contributed by atoms with E-state index in [0.29, 0.717) is 16.5 Å². The first-order chi connectivity index (χ1) is 8.97. The van der Waals surface area contributed by atoms with E-state index in [0.717, 1.165) is 11.1 Å². The van der Waals surface area contributed by atoms with E-state index in [9.17, 15) is 5.11 Å². The third-order valence-corrected chi connectivity index (χ3v) is 3.93. The van der Waals surface area contributed by atoms with Gasteiger partial charge in [0.1, 0.15) is 0 Å². The Hall–Kier alpha value is -1.02. The van der Waals surface area contributed by atoms with Gasteiger partial charge in [0.25, 0.3) is 0 Å². The van der Waals surface area contributed by atoms with Crippen molar-refractivity contribution in [1.82, 2.24) is 0 Å². The Morgan fingerprint density at radius 2 is 1.74 bits per heavy atom. The first kappa shape index (κ1) is 14.4. The number of benzene rings is 2. The number of aliphatic hydroxyl groups is 1. The standard InChI is InChI=1S/C16H16Cl2O/c1-10-3-4-13(7-11(10)2)16(19)8-12-5-6-14(17)9-15(12)18/h3-7,9,16,19H,8H2,1-2H3. The molecule has 0 aliphatic carbocycles. The SMILES string of the molecule is Cc1ccc(C(O)Cc2ccc(Cl)cc2Cl)cc1C. The van der Waals surface area contributed by atoms with E-state index >= 15 is 0 Å². The van der Waals surface area contributed by atoms with Gasteiger partial charge in [0, 0.05) is 16.5 Å². The Morgan fingerprint density at radius 1 is 1.00 bits per heavy atom. The van der Waals surface area contributed by atoms with Gasteiger partial charge in [-0.1, -0.05) is 47.5 Å². The zero-order valence-electron chi connectivity index (χ0n) is 11.0. The van der Waals surface area contributed by atoms with Gasteiger partial charge >= 0.3 is 0 Å². The van der Waals surface area contributed by atoms with Gasteiger partial charge < -0.3 is 5.11 Å². The molecule has 1 N–H and O–H groups in total. The third kappa shape index (κ3) is 3.50. The number of halogens is 2. The highest BCUT2D eigenvalue weighted by Crippen LogP contribution is 2.26. The minimum absolute atomic E-state index is 0.485. The zero-order valence-corrected chi connectivity index (χ0v) is 12.5. The lowest BCUT2D eigenvalue weighted by Gasteiger charge is -2.14. The predicted octanol–water partition coefficient (Wildman–Crippen LogP) is 4.89. The highest BCUT2D eigenvalue weighted by Gasteiger charge is 2.12. The predicted molar refractivity (Wildman–Crippen MR) is 81.0 cm³/mol. The molecule has 0 fully saturated rings. The van der Waals surface area contributed by atoms with Crippen LogP contribution in [0.1, 0.15) is 28.4 Å². The van der Waals surface area contributed by atoms with E-state index < -0.39 is 6.10 Å². The maximum absolute atomic E-state index is 10.3. The van der Waals surface area contributed by atoms with Crippen LogP contribution in [-0.4, -0.2) is 5.11 Å². The molecule has 0 amide bonds. The average molecular weight is 295 g/mol. The van der Waals surface area contributed by atoms with Crippen LogP contribution in [-0.2, 0) is 6.42 Å². The molecule has 0 aromatic heterocycles. The highest BCUT2D eigenvalue weighted by molar-refractivity contribution is 6.35. The van der Waals surface area contributed by atoms with E-state index in [-0.39, 0.29) is 0 Å². The molecule has 2 aromatic rings. The summed E-state index contributed by atoms with van der Waals surface area (Å²) in [6, 6.07) is 11.3. The van der Waals surface area contributed by atoms with Gasteiger partial charge in [0.2, 0.25) is 0 Å². The fourth-order valence-corrected chi connectivity index (χ4v) is 2.47. The molecular weight excluding hydrogens is 279 g/mol. The Morgan fingerprint density at radius 3 is 2.37 bits per heavy atom. The highest BCUT2D eigenvalue weighted by atomic mass is 35.5. The molecule has 19 heavy (non-hydrogen) atoms. The topological polar surface area (TPSA) is 20.2 Å². The van der Waals surface area contributed by atoms with Crippen LogP contribution < -0.4 is 0 Å².